The third kappa shape index (κ3) is 8.65. The maximum atomic E-state index is 5.15. The number of pyridine rings is 1. The Labute approximate surface area is 389 Å². The predicted octanol–water partition coefficient (Wildman–Crippen LogP) is 14.4. The standard InChI is InChI=1S/C60H41N7/c1-40-17-16-28-54(61-40)49-37-38-50(53(39-49)51-26-14-15-27-52(51)60-66-56(45-22-10-4-11-23-45)64-57(67-60)46-24-12-5-13-25-46)43-31-35-48(36-32-43)59-63-55(44-20-8-3-9-21-44)62-58(65-59)47-33-29-42(30-34-47)41-18-6-2-7-19-41/h2-39H,1H3. The highest BCUT2D eigenvalue weighted by molar-refractivity contribution is 5.93. The Morgan fingerprint density at radius 2 is 0.567 bits per heavy atom. The first-order valence-electron chi connectivity index (χ1n) is 22.2. The van der Waals surface area contributed by atoms with Crippen LogP contribution in [0.15, 0.2) is 231 Å². The van der Waals surface area contributed by atoms with Gasteiger partial charge in [-0.05, 0) is 58.5 Å². The van der Waals surface area contributed by atoms with Crippen molar-refractivity contribution in [3.05, 3.63) is 236 Å². The third-order valence-electron chi connectivity index (χ3n) is 11.7. The van der Waals surface area contributed by atoms with Crippen LogP contribution in [0.2, 0.25) is 0 Å². The molecule has 0 amide bonds. The van der Waals surface area contributed by atoms with Gasteiger partial charge in [0.05, 0.1) is 5.69 Å². The van der Waals surface area contributed by atoms with Crippen LogP contribution < -0.4 is 0 Å². The van der Waals surface area contributed by atoms with E-state index < -0.39 is 0 Å². The molecule has 0 fully saturated rings. The maximum Gasteiger partial charge on any atom is 0.164 e. The molecule has 0 spiro atoms. The number of hydrogen-bond acceptors (Lipinski definition) is 7. The van der Waals surface area contributed by atoms with Crippen molar-refractivity contribution in [2.24, 2.45) is 0 Å². The lowest BCUT2D eigenvalue weighted by atomic mass is 9.89. The molecule has 3 aromatic heterocycles. The molecule has 0 saturated heterocycles. The Morgan fingerprint density at radius 1 is 0.209 bits per heavy atom. The van der Waals surface area contributed by atoms with Gasteiger partial charge in [0.2, 0.25) is 0 Å². The highest BCUT2D eigenvalue weighted by Gasteiger charge is 2.20. The molecule has 0 unspecified atom stereocenters. The lowest BCUT2D eigenvalue weighted by molar-refractivity contribution is 1.07. The Morgan fingerprint density at radius 3 is 1.04 bits per heavy atom. The zero-order chi connectivity index (χ0) is 44.9. The molecular formula is C60H41N7. The van der Waals surface area contributed by atoms with Crippen molar-refractivity contribution < 1.29 is 0 Å². The van der Waals surface area contributed by atoms with E-state index in [4.69, 9.17) is 34.9 Å². The van der Waals surface area contributed by atoms with Crippen molar-refractivity contribution in [3.63, 3.8) is 0 Å². The van der Waals surface area contributed by atoms with Crippen molar-refractivity contribution >= 4 is 0 Å². The average molecular weight is 860 g/mol. The smallest absolute Gasteiger partial charge is 0.164 e. The minimum Gasteiger partial charge on any atom is -0.253 e. The summed E-state index contributed by atoms with van der Waals surface area (Å²) in [4.78, 5) is 35.3. The summed E-state index contributed by atoms with van der Waals surface area (Å²) in [5.41, 5.74) is 14.6. The van der Waals surface area contributed by atoms with Crippen molar-refractivity contribution in [3.8, 4) is 113 Å². The van der Waals surface area contributed by atoms with Crippen LogP contribution >= 0.6 is 0 Å². The highest BCUT2D eigenvalue weighted by atomic mass is 15.0. The molecule has 11 rings (SSSR count). The Kier molecular flexibility index (Phi) is 11.1. The van der Waals surface area contributed by atoms with Gasteiger partial charge < -0.3 is 0 Å². The number of hydrogen-bond donors (Lipinski definition) is 0. The van der Waals surface area contributed by atoms with Crippen LogP contribution in [0.1, 0.15) is 5.69 Å². The molecule has 0 N–H and O–H groups in total. The maximum absolute atomic E-state index is 5.15. The van der Waals surface area contributed by atoms with Crippen molar-refractivity contribution in [2.45, 2.75) is 6.92 Å². The Bertz CT molecular complexity index is 3430. The van der Waals surface area contributed by atoms with Gasteiger partial charge in [0.25, 0.3) is 0 Å². The van der Waals surface area contributed by atoms with E-state index in [2.05, 4.69) is 121 Å². The molecule has 0 saturated carbocycles. The first kappa shape index (κ1) is 40.7. The SMILES string of the molecule is Cc1cccc(-c2ccc(-c3ccc(-c4nc(-c5ccccc5)nc(-c5ccc(-c6ccccc6)cc5)n4)cc3)c(-c3ccccc3-c3nc(-c4ccccc4)nc(-c4ccccc4)n3)c2)n1. The summed E-state index contributed by atoms with van der Waals surface area (Å²) < 4.78 is 0. The second-order valence-electron chi connectivity index (χ2n) is 16.2. The molecule has 316 valence electrons. The Hall–Kier alpha value is -9.07. The second-order valence-corrected chi connectivity index (χ2v) is 16.2. The van der Waals surface area contributed by atoms with E-state index in [-0.39, 0.29) is 0 Å². The van der Waals surface area contributed by atoms with E-state index in [1.54, 1.807) is 0 Å². The topological polar surface area (TPSA) is 90.2 Å². The van der Waals surface area contributed by atoms with Gasteiger partial charge in [0.1, 0.15) is 0 Å². The fourth-order valence-electron chi connectivity index (χ4n) is 8.32. The average Bonchev–Trinajstić information content (AvgIpc) is 3.41. The van der Waals surface area contributed by atoms with E-state index in [0.29, 0.717) is 34.9 Å². The Balaban J connectivity index is 1.03. The first-order chi connectivity index (χ1) is 33.1. The predicted molar refractivity (Wildman–Crippen MR) is 270 cm³/mol. The number of aryl methyl sites for hydroxylation is 1. The van der Waals surface area contributed by atoms with Gasteiger partial charge in [-0.15, -0.1) is 0 Å². The molecular weight excluding hydrogens is 819 g/mol. The summed E-state index contributed by atoms with van der Waals surface area (Å²) in [6, 6.07) is 78.5. The van der Waals surface area contributed by atoms with Crippen molar-refractivity contribution in [1.29, 1.82) is 0 Å². The fourth-order valence-corrected chi connectivity index (χ4v) is 8.32. The van der Waals surface area contributed by atoms with Crippen LogP contribution in [0.3, 0.4) is 0 Å². The van der Waals surface area contributed by atoms with Crippen LogP contribution in [0.4, 0.5) is 0 Å². The summed E-state index contributed by atoms with van der Waals surface area (Å²) in [5.74, 6) is 3.60. The quantitative estimate of drug-likeness (QED) is 0.135. The van der Waals surface area contributed by atoms with Crippen molar-refractivity contribution in [1.82, 2.24) is 34.9 Å². The van der Waals surface area contributed by atoms with Gasteiger partial charge in [0, 0.05) is 44.6 Å². The van der Waals surface area contributed by atoms with Crippen LogP contribution in [-0.4, -0.2) is 34.9 Å². The minimum atomic E-state index is 0.582. The summed E-state index contributed by atoms with van der Waals surface area (Å²) >= 11 is 0. The number of nitrogens with zero attached hydrogens (tertiary/aromatic N) is 7. The van der Waals surface area contributed by atoms with Crippen LogP contribution in [-0.2, 0) is 0 Å². The zero-order valence-corrected chi connectivity index (χ0v) is 36.6. The van der Waals surface area contributed by atoms with E-state index >= 15 is 0 Å². The second kappa shape index (κ2) is 18.2. The zero-order valence-electron chi connectivity index (χ0n) is 36.6. The van der Waals surface area contributed by atoms with E-state index in [1.807, 2.05) is 116 Å². The van der Waals surface area contributed by atoms with E-state index in [0.717, 1.165) is 83.7 Å². The molecule has 0 aliphatic rings. The summed E-state index contributed by atoms with van der Waals surface area (Å²) in [6.45, 7) is 2.02. The molecule has 3 heterocycles. The summed E-state index contributed by atoms with van der Waals surface area (Å²) in [7, 11) is 0. The highest BCUT2D eigenvalue weighted by Crippen LogP contribution is 2.41. The largest absolute Gasteiger partial charge is 0.253 e. The number of rotatable bonds is 10. The van der Waals surface area contributed by atoms with Crippen LogP contribution in [0.25, 0.3) is 113 Å². The van der Waals surface area contributed by atoms with Crippen molar-refractivity contribution in [2.75, 3.05) is 0 Å². The van der Waals surface area contributed by atoms with Gasteiger partial charge in [0.15, 0.2) is 34.9 Å². The molecule has 8 aromatic carbocycles. The van der Waals surface area contributed by atoms with Gasteiger partial charge in [-0.3, -0.25) is 4.98 Å². The lowest BCUT2D eigenvalue weighted by Gasteiger charge is -2.17. The molecule has 0 aliphatic carbocycles. The molecule has 0 bridgehead atoms. The molecule has 0 atom stereocenters. The molecule has 67 heavy (non-hydrogen) atoms. The van der Waals surface area contributed by atoms with Gasteiger partial charge in [-0.2, -0.15) is 0 Å². The molecule has 11 aromatic rings. The molecule has 0 aliphatic heterocycles. The van der Waals surface area contributed by atoms with Gasteiger partial charge in [-0.1, -0.05) is 212 Å². The molecule has 7 nitrogen and oxygen atoms in total. The molecule has 0 radical (unpaired) electrons. The van der Waals surface area contributed by atoms with E-state index in [9.17, 15) is 0 Å². The van der Waals surface area contributed by atoms with E-state index in [1.165, 1.54) is 0 Å². The third-order valence-corrected chi connectivity index (χ3v) is 11.7. The lowest BCUT2D eigenvalue weighted by Crippen LogP contribution is -2.01. The summed E-state index contributed by atoms with van der Waals surface area (Å²) in [5, 5.41) is 0. The van der Waals surface area contributed by atoms with Gasteiger partial charge in [-0.25, -0.2) is 29.9 Å². The first-order valence-corrected chi connectivity index (χ1v) is 22.2. The fraction of sp³-hybridized carbons (Fsp3) is 0.0167. The van der Waals surface area contributed by atoms with Gasteiger partial charge >= 0.3 is 0 Å². The van der Waals surface area contributed by atoms with Crippen LogP contribution in [0.5, 0.6) is 0 Å². The number of aromatic nitrogens is 7. The monoisotopic (exact) mass is 859 g/mol. The number of benzene rings is 8. The van der Waals surface area contributed by atoms with Crippen LogP contribution in [0, 0.1) is 6.92 Å². The minimum absolute atomic E-state index is 0.582. The molecule has 7 heteroatoms. The summed E-state index contributed by atoms with van der Waals surface area (Å²) in [6.07, 6.45) is 0. The normalized spacial score (nSPS) is 11.1.